The molecule has 1 rings (SSSR count). The van der Waals surface area contributed by atoms with E-state index in [-0.39, 0.29) is 0 Å². The van der Waals surface area contributed by atoms with E-state index in [1.807, 2.05) is 26.8 Å². The molecule has 0 aliphatic carbocycles. The van der Waals surface area contributed by atoms with Crippen LogP contribution in [0.4, 0.5) is 5.82 Å². The summed E-state index contributed by atoms with van der Waals surface area (Å²) in [5.41, 5.74) is 0. The maximum Gasteiger partial charge on any atom is 0.131 e. The van der Waals surface area contributed by atoms with E-state index < -0.39 is 0 Å². The van der Waals surface area contributed by atoms with Gasteiger partial charge in [-0.15, -0.1) is 0 Å². The van der Waals surface area contributed by atoms with Gasteiger partial charge in [-0.05, 0) is 20.3 Å². The molecule has 0 fully saturated rings. The minimum atomic E-state index is 0.299. The Balaban J connectivity index is 2.36. The molecule has 0 saturated heterocycles. The standard InChI is InChI=1S/C12H21N3OS/c1-4-10-14-11(8-12(17)15-10)13-6-5-7-16-9(2)3/h8-9H,4-7H2,1-3H3,(H2,13,14,15,17). The molecule has 0 amide bonds. The van der Waals surface area contributed by atoms with Gasteiger partial charge < -0.3 is 15.0 Å². The van der Waals surface area contributed by atoms with Gasteiger partial charge in [0.25, 0.3) is 0 Å². The third-order valence-corrected chi connectivity index (χ3v) is 2.42. The number of nitrogens with one attached hydrogen (secondary N) is 2. The zero-order valence-corrected chi connectivity index (χ0v) is 11.6. The van der Waals surface area contributed by atoms with Gasteiger partial charge in [0.2, 0.25) is 0 Å². The van der Waals surface area contributed by atoms with Crippen molar-refractivity contribution in [2.45, 2.75) is 39.7 Å². The van der Waals surface area contributed by atoms with Crippen molar-refractivity contribution in [3.05, 3.63) is 16.5 Å². The van der Waals surface area contributed by atoms with Crippen molar-refractivity contribution < 1.29 is 4.74 Å². The maximum atomic E-state index is 5.47. The molecule has 1 heterocycles. The van der Waals surface area contributed by atoms with Crippen molar-refractivity contribution in [1.29, 1.82) is 0 Å². The predicted molar refractivity (Wildman–Crippen MR) is 73.0 cm³/mol. The number of ether oxygens (including phenoxy) is 1. The summed E-state index contributed by atoms with van der Waals surface area (Å²) in [5, 5.41) is 3.29. The van der Waals surface area contributed by atoms with Crippen LogP contribution in [0.1, 0.15) is 33.0 Å². The first kappa shape index (κ1) is 14.1. The fourth-order valence-corrected chi connectivity index (χ4v) is 1.61. The lowest BCUT2D eigenvalue weighted by atomic mass is 10.4. The predicted octanol–water partition coefficient (Wildman–Crippen LogP) is 2.93. The van der Waals surface area contributed by atoms with E-state index in [0.29, 0.717) is 10.7 Å². The van der Waals surface area contributed by atoms with Gasteiger partial charge in [-0.25, -0.2) is 4.98 Å². The number of aryl methyl sites for hydroxylation is 1. The van der Waals surface area contributed by atoms with Crippen LogP contribution >= 0.6 is 12.2 Å². The SMILES string of the molecule is CCc1nc(=S)cc(NCCCOC(C)C)[nH]1. The Morgan fingerprint density at radius 1 is 1.53 bits per heavy atom. The molecule has 0 radical (unpaired) electrons. The molecule has 4 nitrogen and oxygen atoms in total. The molecule has 5 heteroatoms. The molecule has 0 aliphatic rings. The smallest absolute Gasteiger partial charge is 0.131 e. The van der Waals surface area contributed by atoms with E-state index in [1.54, 1.807) is 0 Å². The lowest BCUT2D eigenvalue weighted by Gasteiger charge is -2.09. The largest absolute Gasteiger partial charge is 0.379 e. The molecule has 1 aromatic heterocycles. The molecule has 2 N–H and O–H groups in total. The quantitative estimate of drug-likeness (QED) is 0.581. The van der Waals surface area contributed by atoms with Crippen LogP contribution in [0.25, 0.3) is 0 Å². The summed E-state index contributed by atoms with van der Waals surface area (Å²) in [4.78, 5) is 7.42. The number of aromatic nitrogens is 2. The summed E-state index contributed by atoms with van der Waals surface area (Å²) in [6, 6.07) is 1.85. The Hall–Kier alpha value is -0.940. The molecule has 0 saturated carbocycles. The van der Waals surface area contributed by atoms with Crippen molar-refractivity contribution in [2.24, 2.45) is 0 Å². The second kappa shape index (κ2) is 7.40. The second-order valence-electron chi connectivity index (χ2n) is 4.13. The Morgan fingerprint density at radius 3 is 2.94 bits per heavy atom. The molecule has 17 heavy (non-hydrogen) atoms. The molecular weight excluding hydrogens is 234 g/mol. The molecule has 0 aliphatic heterocycles. The summed E-state index contributed by atoms with van der Waals surface area (Å²) >= 11 is 5.09. The zero-order valence-electron chi connectivity index (χ0n) is 10.7. The van der Waals surface area contributed by atoms with E-state index >= 15 is 0 Å². The molecule has 0 atom stereocenters. The van der Waals surface area contributed by atoms with Crippen LogP contribution in [0.5, 0.6) is 0 Å². The summed E-state index contributed by atoms with van der Waals surface area (Å²) < 4.78 is 6.09. The van der Waals surface area contributed by atoms with Crippen molar-refractivity contribution in [2.75, 3.05) is 18.5 Å². The van der Waals surface area contributed by atoms with E-state index in [4.69, 9.17) is 17.0 Å². The monoisotopic (exact) mass is 255 g/mol. The fourth-order valence-electron chi connectivity index (χ4n) is 1.39. The summed E-state index contributed by atoms with van der Waals surface area (Å²) in [5.74, 6) is 1.85. The number of rotatable bonds is 7. The number of hydrogen-bond donors (Lipinski definition) is 2. The zero-order chi connectivity index (χ0) is 12.7. The highest BCUT2D eigenvalue weighted by molar-refractivity contribution is 7.71. The van der Waals surface area contributed by atoms with Crippen LogP contribution in [0.15, 0.2) is 6.07 Å². The number of hydrogen-bond acceptors (Lipinski definition) is 4. The average Bonchev–Trinajstić information content (AvgIpc) is 2.27. The lowest BCUT2D eigenvalue weighted by molar-refractivity contribution is 0.0787. The average molecular weight is 255 g/mol. The second-order valence-corrected chi connectivity index (χ2v) is 4.55. The molecule has 0 bridgehead atoms. The van der Waals surface area contributed by atoms with Gasteiger partial charge in [-0.2, -0.15) is 0 Å². The highest BCUT2D eigenvalue weighted by atomic mass is 32.1. The fraction of sp³-hybridized carbons (Fsp3) is 0.667. The van der Waals surface area contributed by atoms with Crippen LogP contribution in [-0.2, 0) is 11.2 Å². The number of anilines is 1. The highest BCUT2D eigenvalue weighted by Gasteiger charge is 1.97. The number of H-pyrrole nitrogens is 1. The van der Waals surface area contributed by atoms with E-state index in [2.05, 4.69) is 15.3 Å². The Morgan fingerprint density at radius 2 is 2.29 bits per heavy atom. The molecule has 0 spiro atoms. The Labute approximate surface area is 108 Å². The van der Waals surface area contributed by atoms with Gasteiger partial charge in [0, 0.05) is 25.6 Å². The lowest BCUT2D eigenvalue weighted by Crippen LogP contribution is -2.10. The van der Waals surface area contributed by atoms with Gasteiger partial charge in [0.15, 0.2) is 0 Å². The van der Waals surface area contributed by atoms with Crippen LogP contribution in [0.2, 0.25) is 0 Å². The van der Waals surface area contributed by atoms with Gasteiger partial charge >= 0.3 is 0 Å². The molecular formula is C12H21N3OS. The topological polar surface area (TPSA) is 49.9 Å². The summed E-state index contributed by atoms with van der Waals surface area (Å²) in [7, 11) is 0. The first-order valence-electron chi connectivity index (χ1n) is 6.07. The van der Waals surface area contributed by atoms with Crippen LogP contribution < -0.4 is 5.32 Å². The van der Waals surface area contributed by atoms with Gasteiger partial charge in [-0.3, -0.25) is 0 Å². The molecule has 0 aromatic carbocycles. The molecule has 0 unspecified atom stereocenters. The number of nitrogens with zero attached hydrogens (tertiary/aromatic N) is 1. The minimum absolute atomic E-state index is 0.299. The Bertz CT molecular complexity index is 390. The third kappa shape index (κ3) is 5.79. The normalized spacial score (nSPS) is 10.8. The maximum absolute atomic E-state index is 5.47. The van der Waals surface area contributed by atoms with Crippen molar-refractivity contribution >= 4 is 18.0 Å². The van der Waals surface area contributed by atoms with E-state index in [0.717, 1.165) is 37.6 Å². The van der Waals surface area contributed by atoms with Crippen molar-refractivity contribution in [3.8, 4) is 0 Å². The number of aromatic amines is 1. The van der Waals surface area contributed by atoms with Gasteiger partial charge in [-0.1, -0.05) is 19.1 Å². The highest BCUT2D eigenvalue weighted by Crippen LogP contribution is 2.04. The van der Waals surface area contributed by atoms with Crippen molar-refractivity contribution in [3.63, 3.8) is 0 Å². The van der Waals surface area contributed by atoms with Crippen molar-refractivity contribution in [1.82, 2.24) is 9.97 Å². The van der Waals surface area contributed by atoms with E-state index in [1.165, 1.54) is 0 Å². The molecule has 96 valence electrons. The minimum Gasteiger partial charge on any atom is -0.379 e. The van der Waals surface area contributed by atoms with Crippen LogP contribution in [-0.4, -0.2) is 29.2 Å². The third-order valence-electron chi connectivity index (χ3n) is 2.21. The van der Waals surface area contributed by atoms with Crippen LogP contribution in [0, 0.1) is 4.64 Å². The summed E-state index contributed by atoms with van der Waals surface area (Å²) in [6.45, 7) is 7.78. The van der Waals surface area contributed by atoms with Gasteiger partial charge in [0.1, 0.15) is 16.3 Å². The summed E-state index contributed by atoms with van der Waals surface area (Å²) in [6.07, 6.45) is 2.13. The van der Waals surface area contributed by atoms with E-state index in [9.17, 15) is 0 Å². The first-order valence-corrected chi connectivity index (χ1v) is 6.48. The first-order chi connectivity index (χ1) is 8.11. The Kier molecular flexibility index (Phi) is 6.15. The van der Waals surface area contributed by atoms with Gasteiger partial charge in [0.05, 0.1) is 6.10 Å². The molecule has 1 aromatic rings. The van der Waals surface area contributed by atoms with Crippen LogP contribution in [0.3, 0.4) is 0 Å².